The lowest BCUT2D eigenvalue weighted by Gasteiger charge is -2.16. The van der Waals surface area contributed by atoms with Gasteiger partial charge in [0.05, 0.1) is 13.2 Å². The molecule has 1 N–H and O–H groups in total. The fraction of sp³-hybridized carbons (Fsp3) is 0.333. The Morgan fingerprint density at radius 1 is 1.28 bits per heavy atom. The van der Waals surface area contributed by atoms with E-state index in [1.807, 2.05) is 30.3 Å². The van der Waals surface area contributed by atoms with E-state index in [4.69, 9.17) is 9.47 Å². The molecule has 1 unspecified atom stereocenters. The predicted octanol–water partition coefficient (Wildman–Crippen LogP) is 3.41. The number of hydrogen-bond donors (Lipinski definition) is 1. The molecule has 1 saturated heterocycles. The van der Waals surface area contributed by atoms with Gasteiger partial charge in [-0.1, -0.05) is 24.3 Å². The average Bonchev–Trinajstić information content (AvgIpc) is 2.93. The summed E-state index contributed by atoms with van der Waals surface area (Å²) < 4.78 is 11.1. The van der Waals surface area contributed by atoms with Gasteiger partial charge in [0.1, 0.15) is 11.5 Å². The van der Waals surface area contributed by atoms with Gasteiger partial charge in [-0.05, 0) is 18.9 Å². The lowest BCUT2D eigenvalue weighted by atomic mass is 9.99. The normalized spacial score (nSPS) is 19.3. The Hall–Kier alpha value is -1.74. The number of phenols is 1. The Kier molecular flexibility index (Phi) is 2.84. The quantitative estimate of drug-likeness (QED) is 0.879. The van der Waals surface area contributed by atoms with Crippen LogP contribution in [0, 0.1) is 0 Å². The summed E-state index contributed by atoms with van der Waals surface area (Å²) in [6.45, 7) is 0.763. The molecule has 0 aromatic heterocycles. The molecule has 18 heavy (non-hydrogen) atoms. The maximum Gasteiger partial charge on any atom is 0.129 e. The predicted molar refractivity (Wildman–Crippen MR) is 70.1 cm³/mol. The first-order chi connectivity index (χ1) is 8.81. The number of ether oxygens (including phenoxy) is 2. The third-order valence-corrected chi connectivity index (χ3v) is 3.50. The van der Waals surface area contributed by atoms with Crippen molar-refractivity contribution in [3.63, 3.8) is 0 Å². The standard InChI is InChI=1S/C15H16O3/c1-17-14-9-12(13-7-4-8-18-13)15(16)11-6-3-2-5-10(11)14/h2-3,5-6,9,13,16H,4,7-8H2,1H3. The second kappa shape index (κ2) is 4.50. The molecule has 1 fully saturated rings. The van der Waals surface area contributed by atoms with Crippen molar-refractivity contribution < 1.29 is 14.6 Å². The van der Waals surface area contributed by atoms with Gasteiger partial charge in [-0.2, -0.15) is 0 Å². The monoisotopic (exact) mass is 244 g/mol. The van der Waals surface area contributed by atoms with Gasteiger partial charge in [0, 0.05) is 22.9 Å². The van der Waals surface area contributed by atoms with Crippen molar-refractivity contribution in [1.82, 2.24) is 0 Å². The number of phenolic OH excluding ortho intramolecular Hbond substituents is 1. The van der Waals surface area contributed by atoms with Gasteiger partial charge in [-0.25, -0.2) is 0 Å². The highest BCUT2D eigenvalue weighted by atomic mass is 16.5. The van der Waals surface area contributed by atoms with E-state index in [1.54, 1.807) is 7.11 Å². The van der Waals surface area contributed by atoms with E-state index in [0.717, 1.165) is 41.5 Å². The third kappa shape index (κ3) is 1.71. The molecular weight excluding hydrogens is 228 g/mol. The molecule has 2 aromatic rings. The highest BCUT2D eigenvalue weighted by molar-refractivity contribution is 5.94. The number of methoxy groups -OCH3 is 1. The van der Waals surface area contributed by atoms with Crippen molar-refractivity contribution in [2.24, 2.45) is 0 Å². The molecule has 2 aromatic carbocycles. The summed E-state index contributed by atoms with van der Waals surface area (Å²) in [6, 6.07) is 9.61. The van der Waals surface area contributed by atoms with Crippen LogP contribution in [0.3, 0.4) is 0 Å². The molecule has 3 heteroatoms. The molecule has 0 amide bonds. The smallest absolute Gasteiger partial charge is 0.129 e. The zero-order valence-electron chi connectivity index (χ0n) is 10.3. The van der Waals surface area contributed by atoms with E-state index < -0.39 is 0 Å². The van der Waals surface area contributed by atoms with Crippen LogP contribution in [0.15, 0.2) is 30.3 Å². The van der Waals surface area contributed by atoms with Crippen molar-refractivity contribution in [2.45, 2.75) is 18.9 Å². The van der Waals surface area contributed by atoms with Gasteiger partial charge >= 0.3 is 0 Å². The average molecular weight is 244 g/mol. The van der Waals surface area contributed by atoms with E-state index >= 15 is 0 Å². The Morgan fingerprint density at radius 2 is 2.06 bits per heavy atom. The second-order valence-corrected chi connectivity index (χ2v) is 4.56. The van der Waals surface area contributed by atoms with Crippen LogP contribution in [-0.4, -0.2) is 18.8 Å². The maximum absolute atomic E-state index is 10.4. The van der Waals surface area contributed by atoms with Gasteiger partial charge in [0.15, 0.2) is 0 Å². The Balaban J connectivity index is 2.23. The molecule has 3 rings (SSSR count). The van der Waals surface area contributed by atoms with Crippen LogP contribution in [-0.2, 0) is 4.74 Å². The van der Waals surface area contributed by atoms with Crippen LogP contribution < -0.4 is 4.74 Å². The largest absolute Gasteiger partial charge is 0.507 e. The van der Waals surface area contributed by atoms with Crippen LogP contribution in [0.4, 0.5) is 0 Å². The molecule has 1 aliphatic rings. The summed E-state index contributed by atoms with van der Waals surface area (Å²) in [4.78, 5) is 0. The lowest BCUT2D eigenvalue weighted by Crippen LogP contribution is -1.98. The zero-order chi connectivity index (χ0) is 12.5. The van der Waals surface area contributed by atoms with Crippen LogP contribution in [0.1, 0.15) is 24.5 Å². The molecule has 0 saturated carbocycles. The van der Waals surface area contributed by atoms with Gasteiger partial charge < -0.3 is 14.6 Å². The van der Waals surface area contributed by atoms with Crippen molar-refractivity contribution in [2.75, 3.05) is 13.7 Å². The van der Waals surface area contributed by atoms with Gasteiger partial charge in [0.2, 0.25) is 0 Å². The van der Waals surface area contributed by atoms with Crippen molar-refractivity contribution in [3.8, 4) is 11.5 Å². The summed E-state index contributed by atoms with van der Waals surface area (Å²) in [5.74, 6) is 1.10. The molecule has 94 valence electrons. The number of fused-ring (bicyclic) bond motifs is 1. The Labute approximate surface area is 106 Å². The molecule has 0 spiro atoms. The Morgan fingerprint density at radius 3 is 2.72 bits per heavy atom. The van der Waals surface area contributed by atoms with E-state index in [1.165, 1.54) is 0 Å². The van der Waals surface area contributed by atoms with E-state index in [9.17, 15) is 5.11 Å². The molecular formula is C15H16O3. The fourth-order valence-electron chi connectivity index (χ4n) is 2.58. The van der Waals surface area contributed by atoms with E-state index in [0.29, 0.717) is 5.75 Å². The van der Waals surface area contributed by atoms with Gasteiger partial charge in [-0.3, -0.25) is 0 Å². The first-order valence-electron chi connectivity index (χ1n) is 6.21. The number of aromatic hydroxyl groups is 1. The zero-order valence-corrected chi connectivity index (χ0v) is 10.3. The first-order valence-corrected chi connectivity index (χ1v) is 6.21. The topological polar surface area (TPSA) is 38.7 Å². The molecule has 0 bridgehead atoms. The highest BCUT2D eigenvalue weighted by Crippen LogP contribution is 2.42. The summed E-state index contributed by atoms with van der Waals surface area (Å²) in [5, 5.41) is 12.1. The van der Waals surface area contributed by atoms with Crippen LogP contribution >= 0.6 is 0 Å². The highest BCUT2D eigenvalue weighted by Gasteiger charge is 2.23. The van der Waals surface area contributed by atoms with Crippen LogP contribution in [0.25, 0.3) is 10.8 Å². The number of hydrogen-bond acceptors (Lipinski definition) is 3. The SMILES string of the molecule is COc1cc(C2CCCO2)c(O)c2ccccc12. The van der Waals surface area contributed by atoms with Gasteiger partial charge in [-0.15, -0.1) is 0 Å². The molecule has 1 aliphatic heterocycles. The van der Waals surface area contributed by atoms with E-state index in [-0.39, 0.29) is 6.10 Å². The van der Waals surface area contributed by atoms with Crippen molar-refractivity contribution in [1.29, 1.82) is 0 Å². The Bertz CT molecular complexity index is 571. The summed E-state index contributed by atoms with van der Waals surface area (Å²) >= 11 is 0. The summed E-state index contributed by atoms with van der Waals surface area (Å²) in [6.07, 6.45) is 1.98. The second-order valence-electron chi connectivity index (χ2n) is 4.56. The van der Waals surface area contributed by atoms with Gasteiger partial charge in [0.25, 0.3) is 0 Å². The molecule has 0 aliphatic carbocycles. The molecule has 3 nitrogen and oxygen atoms in total. The van der Waals surface area contributed by atoms with Crippen molar-refractivity contribution >= 4 is 10.8 Å². The first kappa shape index (κ1) is 11.4. The maximum atomic E-state index is 10.4. The number of rotatable bonds is 2. The minimum Gasteiger partial charge on any atom is -0.507 e. The van der Waals surface area contributed by atoms with E-state index in [2.05, 4.69) is 0 Å². The minimum atomic E-state index is -0.0106. The van der Waals surface area contributed by atoms with Crippen LogP contribution in [0.2, 0.25) is 0 Å². The molecule has 0 radical (unpaired) electrons. The van der Waals surface area contributed by atoms with Crippen LogP contribution in [0.5, 0.6) is 11.5 Å². The molecule has 1 atom stereocenters. The van der Waals surface area contributed by atoms with Crippen molar-refractivity contribution in [3.05, 3.63) is 35.9 Å². The summed E-state index contributed by atoms with van der Waals surface area (Å²) in [5.41, 5.74) is 0.836. The number of benzene rings is 2. The fourth-order valence-corrected chi connectivity index (χ4v) is 2.58. The third-order valence-electron chi connectivity index (χ3n) is 3.50. The molecule has 1 heterocycles. The minimum absolute atomic E-state index is 0.0106. The summed E-state index contributed by atoms with van der Waals surface area (Å²) in [7, 11) is 1.65. The lowest BCUT2D eigenvalue weighted by molar-refractivity contribution is 0.110.